The van der Waals surface area contributed by atoms with Crippen LogP contribution in [-0.4, -0.2) is 4.57 Å². The highest BCUT2D eigenvalue weighted by Crippen LogP contribution is 2.23. The summed E-state index contributed by atoms with van der Waals surface area (Å²) in [6.45, 7) is 7.19. The van der Waals surface area contributed by atoms with Crippen LogP contribution in [0.15, 0.2) is 30.3 Å². The second-order valence-electron chi connectivity index (χ2n) is 5.71. The molecule has 0 unspecified atom stereocenters. The zero-order chi connectivity index (χ0) is 14.7. The van der Waals surface area contributed by atoms with E-state index in [1.165, 1.54) is 11.1 Å². The van der Waals surface area contributed by atoms with Crippen LogP contribution in [0.25, 0.3) is 0 Å². The maximum Gasteiger partial charge on any atom is 0.122 e. The zero-order valence-electron chi connectivity index (χ0n) is 12.4. The predicted octanol–water partition coefficient (Wildman–Crippen LogP) is 3.50. The molecule has 0 saturated carbocycles. The number of rotatable bonds is 4. The number of nitrogen functional groups attached to an aromatic ring is 1. The third-order valence-electron chi connectivity index (χ3n) is 3.40. The normalized spacial score (nSPS) is 10.8. The van der Waals surface area contributed by atoms with Crippen molar-refractivity contribution in [1.29, 1.82) is 5.26 Å². The fraction of sp³-hybridized carbons (Fsp3) is 0.353. The number of anilines is 1. The van der Waals surface area contributed by atoms with Gasteiger partial charge < -0.3 is 10.3 Å². The number of aryl methyl sites for hydroxylation is 1. The second-order valence-corrected chi connectivity index (χ2v) is 5.71. The van der Waals surface area contributed by atoms with Gasteiger partial charge in [0.25, 0.3) is 0 Å². The van der Waals surface area contributed by atoms with E-state index in [4.69, 9.17) is 5.73 Å². The molecule has 3 heteroatoms. The summed E-state index contributed by atoms with van der Waals surface area (Å²) in [5, 5.41) is 9.25. The third-order valence-corrected chi connectivity index (χ3v) is 3.40. The smallest absolute Gasteiger partial charge is 0.122 e. The van der Waals surface area contributed by atoms with Gasteiger partial charge in [-0.3, -0.25) is 0 Å². The summed E-state index contributed by atoms with van der Waals surface area (Å²) >= 11 is 0. The number of hydrogen-bond acceptors (Lipinski definition) is 2. The number of benzene rings is 1. The van der Waals surface area contributed by atoms with Crippen molar-refractivity contribution in [2.75, 3.05) is 5.73 Å². The molecule has 0 radical (unpaired) electrons. The molecule has 1 aromatic carbocycles. The lowest BCUT2D eigenvalue weighted by atomic mass is 10.1. The monoisotopic (exact) mass is 267 g/mol. The molecular formula is C17H21N3. The van der Waals surface area contributed by atoms with Gasteiger partial charge in [0, 0.05) is 18.7 Å². The van der Waals surface area contributed by atoms with Gasteiger partial charge in [-0.05, 0) is 24.5 Å². The number of nitrogens with zero attached hydrogens (tertiary/aromatic N) is 2. The first-order valence-corrected chi connectivity index (χ1v) is 6.94. The van der Waals surface area contributed by atoms with Crippen LogP contribution in [0.3, 0.4) is 0 Å². The van der Waals surface area contributed by atoms with Crippen molar-refractivity contribution in [2.24, 2.45) is 5.92 Å². The first-order chi connectivity index (χ1) is 9.51. The third kappa shape index (κ3) is 3.03. The zero-order valence-corrected chi connectivity index (χ0v) is 12.4. The average molecular weight is 267 g/mol. The van der Waals surface area contributed by atoms with E-state index in [2.05, 4.69) is 55.7 Å². The maximum absolute atomic E-state index is 9.25. The molecule has 3 nitrogen and oxygen atoms in total. The Bertz CT molecular complexity index is 627. The number of nitrogens with two attached hydrogens (primary N) is 1. The molecular weight excluding hydrogens is 246 g/mol. The largest absolute Gasteiger partial charge is 0.397 e. The Morgan fingerprint density at radius 3 is 2.45 bits per heavy atom. The van der Waals surface area contributed by atoms with Crippen molar-refractivity contribution >= 4 is 5.69 Å². The first-order valence-electron chi connectivity index (χ1n) is 6.94. The number of aromatic nitrogens is 1. The lowest BCUT2D eigenvalue weighted by Gasteiger charge is -2.14. The van der Waals surface area contributed by atoms with Crippen molar-refractivity contribution in [2.45, 2.75) is 33.7 Å². The van der Waals surface area contributed by atoms with Crippen LogP contribution in [0.1, 0.15) is 36.4 Å². The molecule has 2 aromatic rings. The number of hydrogen-bond donors (Lipinski definition) is 1. The molecule has 0 aliphatic carbocycles. The lowest BCUT2D eigenvalue weighted by molar-refractivity contribution is 0.511. The average Bonchev–Trinajstić information content (AvgIpc) is 2.69. The van der Waals surface area contributed by atoms with Crippen molar-refractivity contribution < 1.29 is 0 Å². The van der Waals surface area contributed by atoms with E-state index in [0.717, 1.165) is 18.7 Å². The van der Waals surface area contributed by atoms with Crippen LogP contribution in [0, 0.1) is 24.2 Å². The van der Waals surface area contributed by atoms with Crippen LogP contribution >= 0.6 is 0 Å². The summed E-state index contributed by atoms with van der Waals surface area (Å²) in [5.41, 5.74) is 11.0. The fourth-order valence-corrected chi connectivity index (χ4v) is 2.37. The molecule has 0 amide bonds. The maximum atomic E-state index is 9.25. The summed E-state index contributed by atoms with van der Waals surface area (Å²) in [5.74, 6) is 0.477. The topological polar surface area (TPSA) is 54.7 Å². The fourth-order valence-electron chi connectivity index (χ4n) is 2.37. The second kappa shape index (κ2) is 5.83. The molecule has 2 rings (SSSR count). The molecule has 20 heavy (non-hydrogen) atoms. The van der Waals surface area contributed by atoms with Gasteiger partial charge in [-0.15, -0.1) is 0 Å². The highest BCUT2D eigenvalue weighted by Gasteiger charge is 2.14. The van der Waals surface area contributed by atoms with Gasteiger partial charge in [-0.2, -0.15) is 5.26 Å². The van der Waals surface area contributed by atoms with Gasteiger partial charge >= 0.3 is 0 Å². The Balaban J connectivity index is 2.37. The van der Waals surface area contributed by atoms with Crippen LogP contribution in [0.2, 0.25) is 0 Å². The van der Waals surface area contributed by atoms with Crippen LogP contribution < -0.4 is 5.73 Å². The molecule has 0 bridgehead atoms. The molecule has 0 spiro atoms. The summed E-state index contributed by atoms with van der Waals surface area (Å²) in [6.07, 6.45) is 0.764. The molecule has 1 heterocycles. The molecule has 1 aromatic heterocycles. The molecule has 0 atom stereocenters. The van der Waals surface area contributed by atoms with E-state index in [0.29, 0.717) is 17.3 Å². The van der Waals surface area contributed by atoms with E-state index < -0.39 is 0 Å². The molecule has 0 aliphatic heterocycles. The van der Waals surface area contributed by atoms with Gasteiger partial charge in [0.15, 0.2) is 0 Å². The molecule has 104 valence electrons. The Kier molecular flexibility index (Phi) is 4.14. The predicted molar refractivity (Wildman–Crippen MR) is 82.4 cm³/mol. The van der Waals surface area contributed by atoms with Crippen molar-refractivity contribution in [1.82, 2.24) is 4.57 Å². The van der Waals surface area contributed by atoms with Crippen molar-refractivity contribution in [3.63, 3.8) is 0 Å². The first kappa shape index (κ1) is 14.2. The van der Waals surface area contributed by atoms with Gasteiger partial charge in [0.1, 0.15) is 11.8 Å². The Morgan fingerprint density at radius 2 is 1.90 bits per heavy atom. The summed E-state index contributed by atoms with van der Waals surface area (Å²) in [6, 6.07) is 12.5. The SMILES string of the molecule is Cc1ccc(Cc2c(N)cc(C#N)n2CC(C)C)cc1. The standard InChI is InChI=1S/C17H21N3/c1-12(2)11-20-15(10-18)9-16(19)17(20)8-14-6-4-13(3)5-7-14/h4-7,9,12H,8,11,19H2,1-3H3. The quantitative estimate of drug-likeness (QED) is 0.921. The van der Waals surface area contributed by atoms with Gasteiger partial charge in [-0.1, -0.05) is 43.7 Å². The Morgan fingerprint density at radius 1 is 1.25 bits per heavy atom. The van der Waals surface area contributed by atoms with Crippen molar-refractivity contribution in [3.8, 4) is 6.07 Å². The molecule has 0 aliphatic rings. The van der Waals surface area contributed by atoms with Gasteiger partial charge in [0.2, 0.25) is 0 Å². The minimum absolute atomic E-state index is 0.477. The van der Waals surface area contributed by atoms with E-state index in [9.17, 15) is 5.26 Å². The van der Waals surface area contributed by atoms with Gasteiger partial charge in [-0.25, -0.2) is 0 Å². The molecule has 0 saturated heterocycles. The highest BCUT2D eigenvalue weighted by atomic mass is 15.0. The Labute approximate surface area is 120 Å². The van der Waals surface area contributed by atoms with E-state index >= 15 is 0 Å². The lowest BCUT2D eigenvalue weighted by Crippen LogP contribution is -2.11. The summed E-state index contributed by atoms with van der Waals surface area (Å²) < 4.78 is 2.06. The minimum Gasteiger partial charge on any atom is -0.397 e. The summed E-state index contributed by atoms with van der Waals surface area (Å²) in [4.78, 5) is 0. The van der Waals surface area contributed by atoms with Crippen LogP contribution in [-0.2, 0) is 13.0 Å². The highest BCUT2D eigenvalue weighted by molar-refractivity contribution is 5.52. The van der Waals surface area contributed by atoms with E-state index in [-0.39, 0.29) is 0 Å². The summed E-state index contributed by atoms with van der Waals surface area (Å²) in [7, 11) is 0. The molecule has 0 fully saturated rings. The minimum atomic E-state index is 0.477. The van der Waals surface area contributed by atoms with Crippen molar-refractivity contribution in [3.05, 3.63) is 52.8 Å². The molecule has 2 N–H and O–H groups in total. The Hall–Kier alpha value is -2.21. The van der Waals surface area contributed by atoms with Crippen LogP contribution in [0.4, 0.5) is 5.69 Å². The van der Waals surface area contributed by atoms with Gasteiger partial charge in [0.05, 0.1) is 5.69 Å². The van der Waals surface area contributed by atoms with E-state index in [1.54, 1.807) is 6.07 Å². The number of nitriles is 1. The van der Waals surface area contributed by atoms with Crippen LogP contribution in [0.5, 0.6) is 0 Å². The van der Waals surface area contributed by atoms with E-state index in [1.807, 2.05) is 0 Å².